The Morgan fingerprint density at radius 3 is 1.86 bits per heavy atom. The standard InChI is InChI=1S/C12H28BO13P3/c1-2-10-11(9-12(13)25-10)26-29(19,20)24-8-4-7-23-28(17,18)22-6-3-5-21-27(14,15)16/h10-12H,2-9,13H2,1H3,(H,17,18)(H,19,20)(H2,14,15,16). The van der Waals surface area contributed by atoms with Crippen molar-refractivity contribution < 1.29 is 60.6 Å². The summed E-state index contributed by atoms with van der Waals surface area (Å²) in [6.07, 6.45) is 0.220. The first-order chi connectivity index (χ1) is 13.3. The molecule has 0 saturated carbocycles. The number of rotatable bonds is 15. The molecule has 29 heavy (non-hydrogen) atoms. The van der Waals surface area contributed by atoms with Crippen LogP contribution in [0.15, 0.2) is 0 Å². The number of phosphoric acid groups is 3. The van der Waals surface area contributed by atoms with Gasteiger partial charge in [-0.2, -0.15) is 0 Å². The predicted octanol–water partition coefficient (Wildman–Crippen LogP) is 0.670. The molecule has 0 aliphatic carbocycles. The summed E-state index contributed by atoms with van der Waals surface area (Å²) in [5.41, 5.74) is 0. The minimum atomic E-state index is -4.60. The highest BCUT2D eigenvalue weighted by Gasteiger charge is 2.38. The molecule has 1 aliphatic rings. The minimum Gasteiger partial charge on any atom is -0.381 e. The Labute approximate surface area is 169 Å². The molecule has 0 aromatic rings. The summed E-state index contributed by atoms with van der Waals surface area (Å²) in [7, 11) is -11.5. The van der Waals surface area contributed by atoms with Gasteiger partial charge in [0.05, 0.1) is 38.6 Å². The van der Waals surface area contributed by atoms with Crippen LogP contribution in [0.4, 0.5) is 0 Å². The van der Waals surface area contributed by atoms with Crippen LogP contribution in [0, 0.1) is 0 Å². The van der Waals surface area contributed by atoms with E-state index in [0.29, 0.717) is 12.8 Å². The van der Waals surface area contributed by atoms with Gasteiger partial charge in [0.15, 0.2) is 0 Å². The van der Waals surface area contributed by atoms with E-state index in [1.165, 1.54) is 0 Å². The van der Waals surface area contributed by atoms with E-state index in [9.17, 15) is 23.5 Å². The topological polar surface area (TPSA) is 188 Å². The van der Waals surface area contributed by atoms with Crippen molar-refractivity contribution in [2.45, 2.75) is 50.8 Å². The first-order valence-corrected chi connectivity index (χ1v) is 13.5. The van der Waals surface area contributed by atoms with Gasteiger partial charge in [0.25, 0.3) is 0 Å². The van der Waals surface area contributed by atoms with Crippen LogP contribution in [-0.4, -0.2) is 72.1 Å². The molecule has 1 aliphatic heterocycles. The molecule has 1 fully saturated rings. The van der Waals surface area contributed by atoms with E-state index in [1.807, 2.05) is 14.8 Å². The lowest BCUT2D eigenvalue weighted by molar-refractivity contribution is 0.0218. The fraction of sp³-hybridized carbons (Fsp3) is 1.00. The second-order valence-corrected chi connectivity index (χ2v) is 10.3. The third kappa shape index (κ3) is 12.7. The highest BCUT2D eigenvalue weighted by atomic mass is 31.2. The van der Waals surface area contributed by atoms with Crippen molar-refractivity contribution in [1.29, 1.82) is 0 Å². The van der Waals surface area contributed by atoms with Crippen molar-refractivity contribution in [3.63, 3.8) is 0 Å². The maximum atomic E-state index is 12.0. The molecule has 1 saturated heterocycles. The van der Waals surface area contributed by atoms with E-state index < -0.39 is 29.6 Å². The summed E-state index contributed by atoms with van der Waals surface area (Å²) in [4.78, 5) is 36.2. The molecule has 0 aromatic heterocycles. The van der Waals surface area contributed by atoms with Gasteiger partial charge in [0.2, 0.25) is 0 Å². The largest absolute Gasteiger partial charge is 0.472 e. The molecular weight excluding hydrogens is 456 g/mol. The molecule has 0 aromatic carbocycles. The Morgan fingerprint density at radius 2 is 1.38 bits per heavy atom. The Balaban J connectivity index is 2.18. The molecule has 172 valence electrons. The Morgan fingerprint density at radius 1 is 0.897 bits per heavy atom. The normalized spacial score (nSPS) is 26.9. The van der Waals surface area contributed by atoms with Crippen LogP contribution >= 0.6 is 23.5 Å². The van der Waals surface area contributed by atoms with Gasteiger partial charge in [0, 0.05) is 6.00 Å². The van der Waals surface area contributed by atoms with Crippen molar-refractivity contribution in [2.75, 3.05) is 26.4 Å². The Hall–Kier alpha value is 0.355. The fourth-order valence-corrected chi connectivity index (χ4v) is 4.62. The SMILES string of the molecule is BC1CC(OP(=O)(O)OCCCOP(=O)(O)OCCCOP(=O)(O)O)C(CC)O1. The average Bonchev–Trinajstić information content (AvgIpc) is 2.91. The molecule has 1 rings (SSSR count). The lowest BCUT2D eigenvalue weighted by Crippen LogP contribution is -2.23. The molecule has 4 N–H and O–H groups in total. The average molecular weight is 484 g/mol. The summed E-state index contributed by atoms with van der Waals surface area (Å²) < 4.78 is 63.0. The molecule has 5 atom stereocenters. The lowest BCUT2D eigenvalue weighted by Gasteiger charge is -2.20. The predicted molar refractivity (Wildman–Crippen MR) is 102 cm³/mol. The van der Waals surface area contributed by atoms with Gasteiger partial charge in [0.1, 0.15) is 7.85 Å². The van der Waals surface area contributed by atoms with Crippen molar-refractivity contribution in [3.8, 4) is 0 Å². The van der Waals surface area contributed by atoms with Gasteiger partial charge in [-0.25, -0.2) is 13.7 Å². The van der Waals surface area contributed by atoms with Crippen molar-refractivity contribution in [1.82, 2.24) is 0 Å². The molecule has 0 spiro atoms. The van der Waals surface area contributed by atoms with Crippen LogP contribution in [0.5, 0.6) is 0 Å². The van der Waals surface area contributed by atoms with Gasteiger partial charge in [-0.05, 0) is 25.7 Å². The molecule has 0 radical (unpaired) electrons. The zero-order valence-corrected chi connectivity index (χ0v) is 18.9. The maximum absolute atomic E-state index is 12.0. The minimum absolute atomic E-state index is 0.0118. The van der Waals surface area contributed by atoms with Crippen molar-refractivity contribution in [2.24, 2.45) is 0 Å². The highest BCUT2D eigenvalue weighted by molar-refractivity contribution is 7.47. The summed E-state index contributed by atoms with van der Waals surface area (Å²) in [5.74, 6) is 0. The summed E-state index contributed by atoms with van der Waals surface area (Å²) in [6.45, 7) is 0.620. The second kappa shape index (κ2) is 12.4. The number of phosphoric ester groups is 3. The van der Waals surface area contributed by atoms with E-state index >= 15 is 0 Å². The molecular formula is C12H28BO13P3. The van der Waals surface area contributed by atoms with Crippen LogP contribution in [0.3, 0.4) is 0 Å². The first-order valence-electron chi connectivity index (χ1n) is 8.96. The number of ether oxygens (including phenoxy) is 1. The van der Waals surface area contributed by atoms with Crippen LogP contribution in [-0.2, 0) is 41.1 Å². The molecule has 0 amide bonds. The van der Waals surface area contributed by atoms with E-state index in [0.717, 1.165) is 0 Å². The highest BCUT2D eigenvalue weighted by Crippen LogP contribution is 2.48. The van der Waals surface area contributed by atoms with Gasteiger partial charge in [-0.15, -0.1) is 0 Å². The van der Waals surface area contributed by atoms with Gasteiger partial charge in [-0.3, -0.25) is 22.6 Å². The third-order valence-corrected chi connectivity index (χ3v) is 6.24. The van der Waals surface area contributed by atoms with Crippen molar-refractivity contribution in [3.05, 3.63) is 0 Å². The third-order valence-electron chi connectivity index (χ3n) is 3.66. The lowest BCUT2D eigenvalue weighted by atomic mass is 9.96. The molecule has 1 heterocycles. The van der Waals surface area contributed by atoms with Crippen molar-refractivity contribution >= 4 is 31.3 Å². The molecule has 5 unspecified atom stereocenters. The number of hydrogen-bond donors (Lipinski definition) is 4. The van der Waals surface area contributed by atoms with Crippen LogP contribution in [0.25, 0.3) is 0 Å². The summed E-state index contributed by atoms with van der Waals surface area (Å²) in [5, 5.41) is 0. The Kier molecular flexibility index (Phi) is 11.7. The second-order valence-electron chi connectivity index (χ2n) is 6.24. The maximum Gasteiger partial charge on any atom is 0.472 e. The van der Waals surface area contributed by atoms with E-state index in [1.54, 1.807) is 0 Å². The smallest absolute Gasteiger partial charge is 0.381 e. The number of hydrogen-bond acceptors (Lipinski definition) is 9. The monoisotopic (exact) mass is 484 g/mol. The van der Waals surface area contributed by atoms with Gasteiger partial charge < -0.3 is 24.3 Å². The van der Waals surface area contributed by atoms with Gasteiger partial charge in [-0.1, -0.05) is 6.92 Å². The quantitative estimate of drug-likeness (QED) is 0.144. The molecule has 13 nitrogen and oxygen atoms in total. The Bertz CT molecular complexity index is 628. The van der Waals surface area contributed by atoms with Crippen LogP contribution < -0.4 is 0 Å². The zero-order chi connectivity index (χ0) is 22.1. The summed E-state index contributed by atoms with van der Waals surface area (Å²) in [6, 6.07) is -0.0830. The molecule has 0 bridgehead atoms. The van der Waals surface area contributed by atoms with E-state index in [4.69, 9.17) is 23.6 Å². The summed E-state index contributed by atoms with van der Waals surface area (Å²) >= 11 is 0. The molecule has 17 heteroatoms. The van der Waals surface area contributed by atoms with Crippen LogP contribution in [0.1, 0.15) is 32.6 Å². The van der Waals surface area contributed by atoms with Gasteiger partial charge >= 0.3 is 23.5 Å². The van der Waals surface area contributed by atoms with E-state index in [-0.39, 0.29) is 51.4 Å². The fourth-order valence-electron chi connectivity index (χ4n) is 2.47. The van der Waals surface area contributed by atoms with E-state index in [2.05, 4.69) is 13.6 Å². The van der Waals surface area contributed by atoms with Crippen LogP contribution in [0.2, 0.25) is 0 Å². The zero-order valence-electron chi connectivity index (χ0n) is 16.2. The first kappa shape index (κ1) is 27.4.